The Kier molecular flexibility index (Phi) is 15.8. The van der Waals surface area contributed by atoms with Crippen LogP contribution in [0.25, 0.3) is 0 Å². The van der Waals surface area contributed by atoms with Crippen LogP contribution >= 0.6 is 0 Å². The minimum Gasteiger partial charge on any atom is -0.385 e. The predicted octanol–water partition coefficient (Wildman–Crippen LogP) is 6.31. The van der Waals surface area contributed by atoms with E-state index in [4.69, 9.17) is 0 Å². The van der Waals surface area contributed by atoms with Gasteiger partial charge in [0.2, 0.25) is 0 Å². The molecule has 0 spiro atoms. The molecule has 0 heterocycles. The van der Waals surface area contributed by atoms with Crippen molar-refractivity contribution < 1.29 is 0 Å². The lowest BCUT2D eigenvalue weighted by molar-refractivity contribution is 0.552. The van der Waals surface area contributed by atoms with Crippen LogP contribution in [0.5, 0.6) is 0 Å². The molecule has 0 atom stereocenters. The van der Waals surface area contributed by atoms with Gasteiger partial charge in [0.05, 0.1) is 0 Å². The molecule has 0 rings (SSSR count). The average molecular weight is 290 g/mol. The van der Waals surface area contributed by atoms with Crippen LogP contribution in [0, 0.1) is 0 Å². The van der Waals surface area contributed by atoms with Crippen LogP contribution in [-0.4, -0.2) is 6.54 Å². The van der Waals surface area contributed by atoms with Gasteiger partial charge in [-0.2, -0.15) is 0 Å². The van der Waals surface area contributed by atoms with Crippen LogP contribution in [0.1, 0.15) is 71.1 Å². The van der Waals surface area contributed by atoms with Gasteiger partial charge >= 0.3 is 0 Å². The average Bonchev–Trinajstić information content (AvgIpc) is 2.50. The summed E-state index contributed by atoms with van der Waals surface area (Å²) in [6, 6.07) is 0. The molecule has 0 unspecified atom stereocenters. The molecule has 0 aromatic carbocycles. The molecular formula is C20H35N. The van der Waals surface area contributed by atoms with Gasteiger partial charge in [0.25, 0.3) is 0 Å². The zero-order valence-corrected chi connectivity index (χ0v) is 14.1. The molecule has 1 nitrogen and oxygen atoms in total. The first-order valence-electron chi connectivity index (χ1n) is 8.70. The third-order valence-electron chi connectivity index (χ3n) is 3.57. The van der Waals surface area contributed by atoms with Crippen molar-refractivity contribution in [3.63, 3.8) is 0 Å². The molecular weight excluding hydrogens is 254 g/mol. The topological polar surface area (TPSA) is 12.0 Å². The summed E-state index contributed by atoms with van der Waals surface area (Å²) in [5, 5.41) is 3.44. The van der Waals surface area contributed by atoms with Crippen molar-refractivity contribution in [2.75, 3.05) is 6.54 Å². The van der Waals surface area contributed by atoms with Gasteiger partial charge in [0.15, 0.2) is 0 Å². The standard InChI is InChI=1S/C20H35N/c1-4-7-9-10-11-12-13-14-15-16-19-21-20(17-6-3)18-8-5-2/h5-6,8,17-18,21H,2-4,7,9-16,19H2,1H3/b18-8-,20-17+. The summed E-state index contributed by atoms with van der Waals surface area (Å²) in [6.45, 7) is 10.7. The Hall–Kier alpha value is -1.24. The second kappa shape index (κ2) is 16.8. The fourth-order valence-electron chi connectivity index (χ4n) is 2.32. The minimum absolute atomic E-state index is 1.04. The van der Waals surface area contributed by atoms with E-state index in [1.807, 2.05) is 24.3 Å². The van der Waals surface area contributed by atoms with Crippen molar-refractivity contribution in [2.24, 2.45) is 0 Å². The van der Waals surface area contributed by atoms with Gasteiger partial charge < -0.3 is 5.32 Å². The van der Waals surface area contributed by atoms with Crippen LogP contribution in [0.4, 0.5) is 0 Å². The molecule has 1 N–H and O–H groups in total. The molecule has 0 fully saturated rings. The molecule has 0 saturated carbocycles. The minimum atomic E-state index is 1.04. The Labute approximate surface area is 132 Å². The van der Waals surface area contributed by atoms with E-state index in [0.29, 0.717) is 0 Å². The molecule has 0 aliphatic carbocycles. The molecule has 0 aliphatic heterocycles. The van der Waals surface area contributed by atoms with Crippen LogP contribution in [0.3, 0.4) is 0 Å². The van der Waals surface area contributed by atoms with E-state index < -0.39 is 0 Å². The maximum atomic E-state index is 3.74. The van der Waals surface area contributed by atoms with Gasteiger partial charge in [0, 0.05) is 12.2 Å². The molecule has 120 valence electrons. The zero-order valence-electron chi connectivity index (χ0n) is 14.1. The first-order chi connectivity index (χ1) is 10.3. The smallest absolute Gasteiger partial charge is 0.0339 e. The predicted molar refractivity (Wildman–Crippen MR) is 97.5 cm³/mol. The van der Waals surface area contributed by atoms with Gasteiger partial charge in [-0.15, -0.1) is 0 Å². The SMILES string of the molecule is C=C/C=C\C(=C/C=C)NCCCCCCCCCCCC. The van der Waals surface area contributed by atoms with Gasteiger partial charge in [-0.3, -0.25) is 0 Å². The Bertz CT molecular complexity index is 299. The van der Waals surface area contributed by atoms with Crippen LogP contribution in [0.15, 0.2) is 49.2 Å². The van der Waals surface area contributed by atoms with E-state index in [1.54, 1.807) is 6.08 Å². The Balaban J connectivity index is 3.42. The van der Waals surface area contributed by atoms with Crippen LogP contribution < -0.4 is 5.32 Å². The Morgan fingerprint density at radius 1 is 0.810 bits per heavy atom. The normalized spacial score (nSPS) is 11.8. The van der Waals surface area contributed by atoms with Crippen LogP contribution in [0.2, 0.25) is 0 Å². The van der Waals surface area contributed by atoms with Crippen molar-refractivity contribution >= 4 is 0 Å². The lowest BCUT2D eigenvalue weighted by Crippen LogP contribution is -2.13. The van der Waals surface area contributed by atoms with Gasteiger partial charge in [-0.1, -0.05) is 96.1 Å². The van der Waals surface area contributed by atoms with Crippen molar-refractivity contribution in [3.8, 4) is 0 Å². The number of hydrogen-bond acceptors (Lipinski definition) is 1. The maximum absolute atomic E-state index is 3.74. The lowest BCUT2D eigenvalue weighted by atomic mass is 10.1. The van der Waals surface area contributed by atoms with Crippen molar-refractivity contribution in [1.29, 1.82) is 0 Å². The first-order valence-corrected chi connectivity index (χ1v) is 8.70. The van der Waals surface area contributed by atoms with Gasteiger partial charge in [-0.25, -0.2) is 0 Å². The summed E-state index contributed by atoms with van der Waals surface area (Å²) in [5.74, 6) is 0. The van der Waals surface area contributed by atoms with Crippen molar-refractivity contribution in [2.45, 2.75) is 71.1 Å². The van der Waals surface area contributed by atoms with E-state index in [1.165, 1.54) is 64.2 Å². The molecule has 0 amide bonds. The molecule has 0 aromatic rings. The Morgan fingerprint density at radius 3 is 1.90 bits per heavy atom. The summed E-state index contributed by atoms with van der Waals surface area (Å²) in [4.78, 5) is 0. The summed E-state index contributed by atoms with van der Waals surface area (Å²) in [7, 11) is 0. The fraction of sp³-hybridized carbons (Fsp3) is 0.600. The molecule has 21 heavy (non-hydrogen) atoms. The number of nitrogens with one attached hydrogen (secondary N) is 1. The van der Waals surface area contributed by atoms with E-state index in [9.17, 15) is 0 Å². The highest BCUT2D eigenvalue weighted by molar-refractivity contribution is 5.23. The Morgan fingerprint density at radius 2 is 1.38 bits per heavy atom. The first kappa shape index (κ1) is 19.8. The molecule has 1 heteroatoms. The maximum Gasteiger partial charge on any atom is 0.0339 e. The second-order valence-corrected chi connectivity index (χ2v) is 5.56. The highest BCUT2D eigenvalue weighted by atomic mass is 14.9. The molecule has 0 radical (unpaired) electrons. The van der Waals surface area contributed by atoms with Gasteiger partial charge in [-0.05, 0) is 18.6 Å². The molecule has 0 saturated heterocycles. The highest BCUT2D eigenvalue weighted by Gasteiger charge is 1.93. The summed E-state index contributed by atoms with van der Waals surface area (Å²) < 4.78 is 0. The van der Waals surface area contributed by atoms with E-state index in [-0.39, 0.29) is 0 Å². The van der Waals surface area contributed by atoms with Gasteiger partial charge in [0.1, 0.15) is 0 Å². The fourth-order valence-corrected chi connectivity index (χ4v) is 2.32. The largest absolute Gasteiger partial charge is 0.385 e. The number of rotatable bonds is 15. The molecule has 0 aromatic heterocycles. The van der Waals surface area contributed by atoms with E-state index in [0.717, 1.165) is 12.2 Å². The zero-order chi connectivity index (χ0) is 15.6. The molecule has 0 aliphatic rings. The third kappa shape index (κ3) is 15.0. The highest BCUT2D eigenvalue weighted by Crippen LogP contribution is 2.10. The summed E-state index contributed by atoms with van der Waals surface area (Å²) >= 11 is 0. The number of hydrogen-bond donors (Lipinski definition) is 1. The van der Waals surface area contributed by atoms with Crippen molar-refractivity contribution in [1.82, 2.24) is 5.32 Å². The van der Waals surface area contributed by atoms with E-state index >= 15 is 0 Å². The monoisotopic (exact) mass is 289 g/mol. The lowest BCUT2D eigenvalue weighted by Gasteiger charge is -2.07. The second-order valence-electron chi connectivity index (χ2n) is 5.56. The van der Waals surface area contributed by atoms with E-state index in [2.05, 4.69) is 25.4 Å². The van der Waals surface area contributed by atoms with Crippen LogP contribution in [-0.2, 0) is 0 Å². The van der Waals surface area contributed by atoms with Crippen molar-refractivity contribution in [3.05, 3.63) is 49.2 Å². The third-order valence-corrected chi connectivity index (χ3v) is 3.57. The summed E-state index contributed by atoms with van der Waals surface area (Å²) in [6.07, 6.45) is 23.4. The number of unbranched alkanes of at least 4 members (excludes halogenated alkanes) is 9. The molecule has 0 bridgehead atoms. The summed E-state index contributed by atoms with van der Waals surface area (Å²) in [5.41, 5.74) is 1.11. The quantitative estimate of drug-likeness (QED) is 0.275. The number of allylic oxidation sites excluding steroid dienone is 5.